The maximum atomic E-state index is 5.98. The predicted molar refractivity (Wildman–Crippen MR) is 86.1 cm³/mol. The van der Waals surface area contributed by atoms with Crippen LogP contribution in [0.4, 0.5) is 0 Å². The highest BCUT2D eigenvalue weighted by Gasteiger charge is 2.20. The van der Waals surface area contributed by atoms with E-state index in [2.05, 4.69) is 41.9 Å². The molecule has 0 atom stereocenters. The van der Waals surface area contributed by atoms with Crippen molar-refractivity contribution in [1.82, 2.24) is 0 Å². The van der Waals surface area contributed by atoms with Crippen LogP contribution in [0.3, 0.4) is 0 Å². The highest BCUT2D eigenvalue weighted by molar-refractivity contribution is 9.10. The van der Waals surface area contributed by atoms with Crippen molar-refractivity contribution >= 4 is 38.7 Å². The first-order chi connectivity index (χ1) is 9.15. The molecule has 3 rings (SSSR count). The molecule has 1 aliphatic rings. The SMILES string of the molecule is Cc1oc2c(C)cc(Br)cc2c1SC1CCCCC1. The van der Waals surface area contributed by atoms with E-state index >= 15 is 0 Å². The second kappa shape index (κ2) is 5.53. The Kier molecular flexibility index (Phi) is 3.95. The van der Waals surface area contributed by atoms with E-state index in [4.69, 9.17) is 4.42 Å². The van der Waals surface area contributed by atoms with Crippen LogP contribution in [0.2, 0.25) is 0 Å². The monoisotopic (exact) mass is 338 g/mol. The van der Waals surface area contributed by atoms with Crippen LogP contribution in [0.1, 0.15) is 43.4 Å². The van der Waals surface area contributed by atoms with Crippen molar-refractivity contribution in [2.75, 3.05) is 0 Å². The Balaban J connectivity index is 1.99. The fourth-order valence-corrected chi connectivity index (χ4v) is 4.88. The number of fused-ring (bicyclic) bond motifs is 1. The molecule has 0 aliphatic heterocycles. The topological polar surface area (TPSA) is 13.1 Å². The van der Waals surface area contributed by atoms with Gasteiger partial charge in [-0.3, -0.25) is 0 Å². The fraction of sp³-hybridized carbons (Fsp3) is 0.500. The molecule has 0 unspecified atom stereocenters. The van der Waals surface area contributed by atoms with Gasteiger partial charge in [-0.1, -0.05) is 35.2 Å². The lowest BCUT2D eigenvalue weighted by Crippen LogP contribution is -2.07. The predicted octanol–water partition coefficient (Wildman–Crippen LogP) is 6.24. The van der Waals surface area contributed by atoms with Gasteiger partial charge in [-0.25, -0.2) is 0 Å². The van der Waals surface area contributed by atoms with Gasteiger partial charge in [0.25, 0.3) is 0 Å². The second-order valence-corrected chi connectivity index (χ2v) is 7.69. The molecule has 1 aromatic heterocycles. The normalized spacial score (nSPS) is 17.2. The Labute approximate surface area is 127 Å². The zero-order valence-electron chi connectivity index (χ0n) is 11.5. The Morgan fingerprint density at radius 3 is 2.63 bits per heavy atom. The largest absolute Gasteiger partial charge is 0.460 e. The van der Waals surface area contributed by atoms with Crippen LogP contribution in [0.25, 0.3) is 11.0 Å². The molecule has 19 heavy (non-hydrogen) atoms. The minimum atomic E-state index is 0.771. The van der Waals surface area contributed by atoms with Gasteiger partial charge in [0.05, 0.1) is 4.90 Å². The minimum absolute atomic E-state index is 0.771. The summed E-state index contributed by atoms with van der Waals surface area (Å²) in [6, 6.07) is 4.32. The van der Waals surface area contributed by atoms with Gasteiger partial charge in [-0.05, 0) is 44.4 Å². The van der Waals surface area contributed by atoms with Gasteiger partial charge in [-0.15, -0.1) is 11.8 Å². The molecule has 1 aliphatic carbocycles. The minimum Gasteiger partial charge on any atom is -0.460 e. The lowest BCUT2D eigenvalue weighted by Gasteiger charge is -2.20. The molecule has 1 aromatic carbocycles. The molecule has 102 valence electrons. The zero-order chi connectivity index (χ0) is 13.4. The summed E-state index contributed by atoms with van der Waals surface area (Å²) >= 11 is 5.63. The molecule has 3 heteroatoms. The number of hydrogen-bond acceptors (Lipinski definition) is 2. The van der Waals surface area contributed by atoms with Crippen LogP contribution in [0.15, 0.2) is 25.9 Å². The highest BCUT2D eigenvalue weighted by atomic mass is 79.9. The molecule has 1 saturated carbocycles. The molecule has 1 nitrogen and oxygen atoms in total. The van der Waals surface area contributed by atoms with E-state index < -0.39 is 0 Å². The number of aryl methyl sites for hydroxylation is 2. The highest BCUT2D eigenvalue weighted by Crippen LogP contribution is 2.42. The van der Waals surface area contributed by atoms with E-state index in [0.717, 1.165) is 21.1 Å². The molecule has 0 amide bonds. The summed E-state index contributed by atoms with van der Waals surface area (Å²) in [5.41, 5.74) is 2.27. The van der Waals surface area contributed by atoms with Crippen LogP contribution in [-0.4, -0.2) is 5.25 Å². The lowest BCUT2D eigenvalue weighted by molar-refractivity contribution is 0.515. The molecule has 1 heterocycles. The molecule has 0 N–H and O–H groups in total. The van der Waals surface area contributed by atoms with Gasteiger partial charge in [0.1, 0.15) is 11.3 Å². The number of benzene rings is 1. The maximum Gasteiger partial charge on any atom is 0.138 e. The number of thioether (sulfide) groups is 1. The maximum absolute atomic E-state index is 5.98. The third kappa shape index (κ3) is 2.73. The molecule has 0 saturated heterocycles. The van der Waals surface area contributed by atoms with E-state index in [1.807, 2.05) is 11.8 Å². The van der Waals surface area contributed by atoms with Crippen molar-refractivity contribution in [2.24, 2.45) is 0 Å². The third-order valence-corrected chi connectivity index (χ3v) is 5.90. The Hall–Kier alpha value is -0.410. The quantitative estimate of drug-likeness (QED) is 0.643. The van der Waals surface area contributed by atoms with Crippen molar-refractivity contribution in [2.45, 2.75) is 56.1 Å². The van der Waals surface area contributed by atoms with Crippen molar-refractivity contribution in [3.63, 3.8) is 0 Å². The number of rotatable bonds is 2. The van der Waals surface area contributed by atoms with E-state index in [-0.39, 0.29) is 0 Å². The second-order valence-electron chi connectivity index (χ2n) is 5.46. The summed E-state index contributed by atoms with van der Waals surface area (Å²) in [5.74, 6) is 1.08. The first kappa shape index (κ1) is 13.6. The Bertz CT molecular complexity index is 596. The summed E-state index contributed by atoms with van der Waals surface area (Å²) in [6.45, 7) is 4.21. The summed E-state index contributed by atoms with van der Waals surface area (Å²) in [5, 5.41) is 2.05. The standard InChI is InChI=1S/C16H19BrOS/c1-10-8-12(17)9-14-15(10)18-11(2)16(14)19-13-6-4-3-5-7-13/h8-9,13H,3-7H2,1-2H3. The molecule has 1 fully saturated rings. The smallest absolute Gasteiger partial charge is 0.138 e. The van der Waals surface area contributed by atoms with Crippen LogP contribution in [0.5, 0.6) is 0 Å². The fourth-order valence-electron chi connectivity index (χ4n) is 2.92. The van der Waals surface area contributed by atoms with Crippen LogP contribution < -0.4 is 0 Å². The lowest BCUT2D eigenvalue weighted by atomic mass is 10.0. The van der Waals surface area contributed by atoms with Crippen molar-refractivity contribution < 1.29 is 4.42 Å². The van der Waals surface area contributed by atoms with E-state index in [9.17, 15) is 0 Å². The number of halogens is 1. The van der Waals surface area contributed by atoms with Crippen molar-refractivity contribution in [3.8, 4) is 0 Å². The first-order valence-corrected chi connectivity index (χ1v) is 8.68. The average molecular weight is 339 g/mol. The molecular formula is C16H19BrOS. The molecule has 0 bridgehead atoms. The summed E-state index contributed by atoms with van der Waals surface area (Å²) in [6.07, 6.45) is 6.88. The number of hydrogen-bond donors (Lipinski definition) is 0. The van der Waals surface area contributed by atoms with E-state index in [0.29, 0.717) is 0 Å². The van der Waals surface area contributed by atoms with Gasteiger partial charge in [0.15, 0.2) is 0 Å². The van der Waals surface area contributed by atoms with Crippen LogP contribution in [-0.2, 0) is 0 Å². The van der Waals surface area contributed by atoms with Gasteiger partial charge < -0.3 is 4.42 Å². The van der Waals surface area contributed by atoms with Crippen molar-refractivity contribution in [3.05, 3.63) is 27.9 Å². The van der Waals surface area contributed by atoms with Crippen LogP contribution in [0, 0.1) is 13.8 Å². The van der Waals surface area contributed by atoms with Crippen LogP contribution >= 0.6 is 27.7 Å². The van der Waals surface area contributed by atoms with Gasteiger partial charge in [0, 0.05) is 15.1 Å². The zero-order valence-corrected chi connectivity index (χ0v) is 13.9. The van der Waals surface area contributed by atoms with Gasteiger partial charge in [0.2, 0.25) is 0 Å². The summed E-state index contributed by atoms with van der Waals surface area (Å²) < 4.78 is 7.13. The van der Waals surface area contributed by atoms with Gasteiger partial charge >= 0.3 is 0 Å². The van der Waals surface area contributed by atoms with Crippen molar-refractivity contribution in [1.29, 1.82) is 0 Å². The summed E-state index contributed by atoms with van der Waals surface area (Å²) in [4.78, 5) is 1.35. The van der Waals surface area contributed by atoms with Gasteiger partial charge in [-0.2, -0.15) is 0 Å². The molecular weight excluding hydrogens is 320 g/mol. The Morgan fingerprint density at radius 1 is 1.16 bits per heavy atom. The van der Waals surface area contributed by atoms with E-state index in [1.54, 1.807) is 0 Å². The molecule has 2 aromatic rings. The summed E-state index contributed by atoms with van der Waals surface area (Å²) in [7, 11) is 0. The molecule has 0 radical (unpaired) electrons. The Morgan fingerprint density at radius 2 is 1.89 bits per heavy atom. The number of furan rings is 1. The average Bonchev–Trinajstić information content (AvgIpc) is 2.69. The first-order valence-electron chi connectivity index (χ1n) is 7.01. The molecule has 0 spiro atoms. The third-order valence-electron chi connectivity index (χ3n) is 3.90. The van der Waals surface area contributed by atoms with E-state index in [1.165, 1.54) is 47.9 Å².